The first-order valence-electron chi connectivity index (χ1n) is 6.76. The van der Waals surface area contributed by atoms with Crippen LogP contribution in [0.4, 0.5) is 10.5 Å². The highest BCUT2D eigenvalue weighted by Crippen LogP contribution is 2.37. The molecule has 2 N–H and O–H groups in total. The Hall–Kier alpha value is -1.91. The number of carbonyl (C=O) groups is 1. The largest absolute Gasteiger partial charge is 0.493 e. The maximum absolute atomic E-state index is 12.2. The van der Waals surface area contributed by atoms with Crippen molar-refractivity contribution in [2.45, 2.75) is 38.8 Å². The van der Waals surface area contributed by atoms with Crippen LogP contribution in [0.5, 0.6) is 5.75 Å². The summed E-state index contributed by atoms with van der Waals surface area (Å²) in [5.41, 5.74) is 6.89. The van der Waals surface area contributed by atoms with Crippen molar-refractivity contribution in [3.8, 4) is 5.75 Å². The Labute approximate surface area is 119 Å². The van der Waals surface area contributed by atoms with Gasteiger partial charge in [-0.05, 0) is 26.8 Å². The molecule has 0 saturated carbocycles. The molecule has 5 heteroatoms. The predicted molar refractivity (Wildman–Crippen MR) is 77.7 cm³/mol. The van der Waals surface area contributed by atoms with Gasteiger partial charge in [0.2, 0.25) is 0 Å². The molecule has 2 rings (SSSR count). The summed E-state index contributed by atoms with van der Waals surface area (Å²) in [6.45, 7) is 6.14. The summed E-state index contributed by atoms with van der Waals surface area (Å²) in [7, 11) is 1.75. The van der Waals surface area contributed by atoms with Crippen molar-refractivity contribution in [3.05, 3.63) is 23.8 Å². The SMILES string of the molecule is CN(C(=O)OC(C)(C)C)C1CCOc2cc(N)ccc21. The van der Waals surface area contributed by atoms with Gasteiger partial charge in [-0.1, -0.05) is 6.07 Å². The fourth-order valence-corrected chi connectivity index (χ4v) is 2.25. The number of nitrogens with two attached hydrogens (primary N) is 1. The number of amides is 1. The Balaban J connectivity index is 2.20. The van der Waals surface area contributed by atoms with Crippen LogP contribution in [0.15, 0.2) is 18.2 Å². The van der Waals surface area contributed by atoms with Gasteiger partial charge in [0.05, 0.1) is 12.6 Å². The zero-order valence-electron chi connectivity index (χ0n) is 12.5. The second-order valence-electron chi connectivity index (χ2n) is 6.04. The van der Waals surface area contributed by atoms with E-state index < -0.39 is 5.60 Å². The lowest BCUT2D eigenvalue weighted by Gasteiger charge is -2.34. The maximum Gasteiger partial charge on any atom is 0.410 e. The third-order valence-electron chi connectivity index (χ3n) is 3.19. The summed E-state index contributed by atoms with van der Waals surface area (Å²) in [5.74, 6) is 0.747. The van der Waals surface area contributed by atoms with E-state index in [1.807, 2.05) is 32.9 Å². The monoisotopic (exact) mass is 278 g/mol. The van der Waals surface area contributed by atoms with Crippen LogP contribution in [0.3, 0.4) is 0 Å². The van der Waals surface area contributed by atoms with Crippen molar-refractivity contribution in [1.82, 2.24) is 4.90 Å². The first-order chi connectivity index (χ1) is 9.28. The predicted octanol–water partition coefficient (Wildman–Crippen LogP) is 2.96. The number of rotatable bonds is 1. The van der Waals surface area contributed by atoms with Crippen LogP contribution in [0.2, 0.25) is 0 Å². The Kier molecular flexibility index (Phi) is 3.79. The van der Waals surface area contributed by atoms with E-state index in [1.165, 1.54) is 0 Å². The number of nitrogens with zero attached hydrogens (tertiary/aromatic N) is 1. The maximum atomic E-state index is 12.2. The topological polar surface area (TPSA) is 64.8 Å². The summed E-state index contributed by atoms with van der Waals surface area (Å²) in [6, 6.07) is 5.48. The smallest absolute Gasteiger partial charge is 0.410 e. The molecule has 0 aromatic heterocycles. The quantitative estimate of drug-likeness (QED) is 0.802. The lowest BCUT2D eigenvalue weighted by atomic mass is 9.99. The van der Waals surface area contributed by atoms with Gasteiger partial charge in [-0.2, -0.15) is 0 Å². The lowest BCUT2D eigenvalue weighted by Crippen LogP contribution is -2.38. The summed E-state index contributed by atoms with van der Waals surface area (Å²) in [4.78, 5) is 13.8. The molecule has 1 aliphatic heterocycles. The van der Waals surface area contributed by atoms with Gasteiger partial charge in [0.15, 0.2) is 0 Å². The minimum absolute atomic E-state index is 0.0470. The highest BCUT2D eigenvalue weighted by atomic mass is 16.6. The van der Waals surface area contributed by atoms with Gasteiger partial charge in [0.25, 0.3) is 0 Å². The molecule has 1 aromatic rings. The number of hydrogen-bond donors (Lipinski definition) is 1. The average Bonchev–Trinajstić information content (AvgIpc) is 2.34. The molecule has 0 radical (unpaired) electrons. The standard InChI is InChI=1S/C15H22N2O3/c1-15(2,3)20-14(18)17(4)12-7-8-19-13-9-10(16)5-6-11(12)13/h5-6,9,12H,7-8,16H2,1-4H3. The third kappa shape index (κ3) is 3.15. The van der Waals surface area contributed by atoms with Crippen LogP contribution in [0.1, 0.15) is 38.8 Å². The Morgan fingerprint density at radius 1 is 1.45 bits per heavy atom. The fourth-order valence-electron chi connectivity index (χ4n) is 2.25. The van der Waals surface area contributed by atoms with Crippen LogP contribution in [-0.2, 0) is 4.74 Å². The molecule has 0 spiro atoms. The van der Waals surface area contributed by atoms with Gasteiger partial charge in [-0.3, -0.25) is 0 Å². The average molecular weight is 278 g/mol. The van der Waals surface area contributed by atoms with E-state index in [0.29, 0.717) is 12.3 Å². The molecule has 1 aliphatic rings. The molecule has 1 heterocycles. The van der Waals surface area contributed by atoms with Gasteiger partial charge in [-0.15, -0.1) is 0 Å². The van der Waals surface area contributed by atoms with E-state index in [4.69, 9.17) is 15.2 Å². The van der Waals surface area contributed by atoms with Crippen LogP contribution >= 0.6 is 0 Å². The number of ether oxygens (including phenoxy) is 2. The zero-order chi connectivity index (χ0) is 14.9. The molecule has 0 bridgehead atoms. The highest BCUT2D eigenvalue weighted by Gasteiger charge is 2.30. The van der Waals surface area contributed by atoms with E-state index in [2.05, 4.69) is 0 Å². The van der Waals surface area contributed by atoms with Crippen molar-refractivity contribution in [3.63, 3.8) is 0 Å². The van der Waals surface area contributed by atoms with Gasteiger partial charge in [0, 0.05) is 30.8 Å². The molecular formula is C15H22N2O3. The van der Waals surface area contributed by atoms with Crippen molar-refractivity contribution in [2.75, 3.05) is 19.4 Å². The minimum atomic E-state index is -0.500. The summed E-state index contributed by atoms with van der Waals surface area (Å²) < 4.78 is 11.0. The van der Waals surface area contributed by atoms with Crippen molar-refractivity contribution < 1.29 is 14.3 Å². The Morgan fingerprint density at radius 3 is 2.80 bits per heavy atom. The summed E-state index contributed by atoms with van der Waals surface area (Å²) >= 11 is 0. The first-order valence-corrected chi connectivity index (χ1v) is 6.76. The van der Waals surface area contributed by atoms with Crippen LogP contribution < -0.4 is 10.5 Å². The molecule has 5 nitrogen and oxygen atoms in total. The molecule has 0 saturated heterocycles. The summed E-state index contributed by atoms with van der Waals surface area (Å²) in [6.07, 6.45) is 0.416. The molecule has 1 aromatic carbocycles. The Morgan fingerprint density at radius 2 is 2.15 bits per heavy atom. The number of anilines is 1. The molecule has 1 unspecified atom stereocenters. The zero-order valence-corrected chi connectivity index (χ0v) is 12.5. The fraction of sp³-hybridized carbons (Fsp3) is 0.533. The van der Waals surface area contributed by atoms with E-state index in [1.54, 1.807) is 18.0 Å². The molecule has 0 fully saturated rings. The lowest BCUT2D eigenvalue weighted by molar-refractivity contribution is 0.0182. The van der Waals surface area contributed by atoms with E-state index in [9.17, 15) is 4.79 Å². The molecular weight excluding hydrogens is 256 g/mol. The Bertz CT molecular complexity index is 508. The second-order valence-corrected chi connectivity index (χ2v) is 6.04. The number of hydrogen-bond acceptors (Lipinski definition) is 4. The molecule has 1 amide bonds. The van der Waals surface area contributed by atoms with Crippen LogP contribution in [0.25, 0.3) is 0 Å². The van der Waals surface area contributed by atoms with E-state index in [0.717, 1.165) is 17.7 Å². The van der Waals surface area contributed by atoms with Gasteiger partial charge in [0.1, 0.15) is 11.4 Å². The number of fused-ring (bicyclic) bond motifs is 1. The normalized spacial score (nSPS) is 17.9. The number of nitrogen functional groups attached to an aromatic ring is 1. The van der Waals surface area contributed by atoms with Gasteiger partial charge in [-0.25, -0.2) is 4.79 Å². The van der Waals surface area contributed by atoms with Crippen molar-refractivity contribution in [1.29, 1.82) is 0 Å². The van der Waals surface area contributed by atoms with Crippen molar-refractivity contribution >= 4 is 11.8 Å². The molecule has 20 heavy (non-hydrogen) atoms. The molecule has 1 atom stereocenters. The molecule has 110 valence electrons. The van der Waals surface area contributed by atoms with E-state index >= 15 is 0 Å². The second kappa shape index (κ2) is 5.23. The van der Waals surface area contributed by atoms with Crippen molar-refractivity contribution in [2.24, 2.45) is 0 Å². The minimum Gasteiger partial charge on any atom is -0.493 e. The summed E-state index contributed by atoms with van der Waals surface area (Å²) in [5, 5.41) is 0. The first kappa shape index (κ1) is 14.5. The van der Waals surface area contributed by atoms with E-state index in [-0.39, 0.29) is 12.1 Å². The molecule has 0 aliphatic carbocycles. The van der Waals surface area contributed by atoms with Crippen LogP contribution in [0, 0.1) is 0 Å². The third-order valence-corrected chi connectivity index (χ3v) is 3.19. The number of benzene rings is 1. The van der Waals surface area contributed by atoms with Gasteiger partial charge >= 0.3 is 6.09 Å². The number of carbonyl (C=O) groups excluding carboxylic acids is 1. The van der Waals surface area contributed by atoms with Gasteiger partial charge < -0.3 is 20.1 Å². The van der Waals surface area contributed by atoms with Crippen LogP contribution in [-0.4, -0.2) is 30.2 Å². The highest BCUT2D eigenvalue weighted by molar-refractivity contribution is 5.69.